The SMILES string of the molecule is O=C(NC1=NC2C(=Cc3ccccc32)S1)c1ccc(O)c(Cl)c1. The van der Waals surface area contributed by atoms with Gasteiger partial charge in [-0.2, -0.15) is 0 Å². The van der Waals surface area contributed by atoms with Crippen LogP contribution in [0.15, 0.2) is 52.4 Å². The fraction of sp³-hybridized carbons (Fsp3) is 0.0588. The molecule has 2 aromatic carbocycles. The molecule has 0 spiro atoms. The number of fused-ring (bicyclic) bond motifs is 3. The number of aliphatic imine (C=N–C) groups is 1. The van der Waals surface area contributed by atoms with Crippen molar-refractivity contribution in [3.63, 3.8) is 0 Å². The summed E-state index contributed by atoms with van der Waals surface area (Å²) in [5, 5.41) is 12.9. The number of halogens is 1. The van der Waals surface area contributed by atoms with Crippen molar-refractivity contribution in [3.05, 3.63) is 69.1 Å². The van der Waals surface area contributed by atoms with Crippen LogP contribution in [0.2, 0.25) is 5.02 Å². The van der Waals surface area contributed by atoms with E-state index in [9.17, 15) is 9.90 Å². The van der Waals surface area contributed by atoms with Crippen molar-refractivity contribution in [2.24, 2.45) is 4.99 Å². The van der Waals surface area contributed by atoms with Crippen LogP contribution in [-0.2, 0) is 0 Å². The van der Waals surface area contributed by atoms with Crippen LogP contribution in [0.5, 0.6) is 5.75 Å². The molecule has 0 aromatic heterocycles. The van der Waals surface area contributed by atoms with Gasteiger partial charge < -0.3 is 10.4 Å². The third-order valence-electron chi connectivity index (χ3n) is 3.75. The van der Waals surface area contributed by atoms with Crippen LogP contribution in [-0.4, -0.2) is 16.2 Å². The molecule has 2 aliphatic rings. The third-order valence-corrected chi connectivity index (χ3v) is 5.03. The van der Waals surface area contributed by atoms with E-state index >= 15 is 0 Å². The second kappa shape index (κ2) is 5.44. The number of hydrogen-bond acceptors (Lipinski definition) is 4. The minimum absolute atomic E-state index is 0.0186. The van der Waals surface area contributed by atoms with E-state index in [-0.39, 0.29) is 22.7 Å². The van der Waals surface area contributed by atoms with Crippen molar-refractivity contribution in [2.75, 3.05) is 0 Å². The second-order valence-electron chi connectivity index (χ2n) is 5.23. The highest BCUT2D eigenvalue weighted by molar-refractivity contribution is 8.17. The number of benzene rings is 2. The number of amides is 1. The number of hydrogen-bond donors (Lipinski definition) is 2. The average Bonchev–Trinajstić information content (AvgIpc) is 3.07. The Hall–Kier alpha value is -2.24. The van der Waals surface area contributed by atoms with Crippen LogP contribution < -0.4 is 5.32 Å². The van der Waals surface area contributed by atoms with Gasteiger partial charge >= 0.3 is 0 Å². The van der Waals surface area contributed by atoms with Gasteiger partial charge in [-0.3, -0.25) is 4.79 Å². The summed E-state index contributed by atoms with van der Waals surface area (Å²) in [5.74, 6) is -0.348. The molecule has 23 heavy (non-hydrogen) atoms. The summed E-state index contributed by atoms with van der Waals surface area (Å²) in [6.07, 6.45) is 2.10. The van der Waals surface area contributed by atoms with Gasteiger partial charge in [0.05, 0.1) is 5.02 Å². The van der Waals surface area contributed by atoms with E-state index in [4.69, 9.17) is 11.6 Å². The van der Waals surface area contributed by atoms with Gasteiger partial charge in [0.25, 0.3) is 5.91 Å². The molecule has 1 unspecified atom stereocenters. The highest BCUT2D eigenvalue weighted by Crippen LogP contribution is 2.47. The van der Waals surface area contributed by atoms with Crippen molar-refractivity contribution >= 4 is 40.5 Å². The Morgan fingerprint density at radius 2 is 2.09 bits per heavy atom. The van der Waals surface area contributed by atoms with Gasteiger partial charge in [-0.05, 0) is 35.4 Å². The molecule has 1 atom stereocenters. The van der Waals surface area contributed by atoms with Gasteiger partial charge in [0.15, 0.2) is 5.17 Å². The van der Waals surface area contributed by atoms with Crippen LogP contribution in [0.1, 0.15) is 27.5 Å². The maximum atomic E-state index is 12.3. The molecule has 114 valence electrons. The average molecular weight is 343 g/mol. The number of aromatic hydroxyl groups is 1. The Morgan fingerprint density at radius 3 is 2.91 bits per heavy atom. The first-order chi connectivity index (χ1) is 11.1. The van der Waals surface area contributed by atoms with E-state index in [0.717, 1.165) is 10.5 Å². The minimum Gasteiger partial charge on any atom is -0.506 e. The van der Waals surface area contributed by atoms with E-state index in [2.05, 4.69) is 28.5 Å². The van der Waals surface area contributed by atoms with E-state index in [1.54, 1.807) is 0 Å². The Balaban J connectivity index is 1.54. The molecular weight excluding hydrogens is 332 g/mol. The predicted molar refractivity (Wildman–Crippen MR) is 92.8 cm³/mol. The van der Waals surface area contributed by atoms with Crippen LogP contribution in [0, 0.1) is 0 Å². The molecule has 0 saturated carbocycles. The van der Waals surface area contributed by atoms with Crippen LogP contribution in [0.25, 0.3) is 6.08 Å². The molecule has 0 bridgehead atoms. The summed E-state index contributed by atoms with van der Waals surface area (Å²) < 4.78 is 0. The van der Waals surface area contributed by atoms with E-state index in [1.165, 1.54) is 35.5 Å². The third kappa shape index (κ3) is 2.52. The first-order valence-electron chi connectivity index (χ1n) is 6.98. The lowest BCUT2D eigenvalue weighted by molar-refractivity contribution is 0.0978. The number of rotatable bonds is 1. The number of phenolic OH excluding ortho intramolecular Hbond substituents is 1. The maximum Gasteiger partial charge on any atom is 0.257 e. The number of nitrogens with one attached hydrogen (secondary N) is 1. The molecular formula is C17H11ClN2O2S. The summed E-state index contributed by atoms with van der Waals surface area (Å²) in [5.41, 5.74) is 2.72. The number of nitrogens with zero attached hydrogens (tertiary/aromatic N) is 1. The van der Waals surface area contributed by atoms with E-state index in [0.29, 0.717) is 10.7 Å². The molecule has 2 aromatic rings. The van der Waals surface area contributed by atoms with E-state index in [1.807, 2.05) is 12.1 Å². The maximum absolute atomic E-state index is 12.3. The number of carbonyl (C=O) groups is 1. The van der Waals surface area contributed by atoms with Gasteiger partial charge in [0, 0.05) is 10.5 Å². The lowest BCUT2D eigenvalue weighted by atomic mass is 10.1. The zero-order chi connectivity index (χ0) is 16.0. The lowest BCUT2D eigenvalue weighted by Crippen LogP contribution is -2.27. The molecule has 1 aliphatic carbocycles. The van der Waals surface area contributed by atoms with E-state index < -0.39 is 0 Å². The highest BCUT2D eigenvalue weighted by atomic mass is 35.5. The molecule has 0 fully saturated rings. The van der Waals surface area contributed by atoms with Crippen molar-refractivity contribution in [2.45, 2.75) is 6.04 Å². The zero-order valence-corrected chi connectivity index (χ0v) is 13.4. The molecule has 2 N–H and O–H groups in total. The molecule has 4 rings (SSSR count). The lowest BCUT2D eigenvalue weighted by Gasteiger charge is -2.05. The molecule has 0 saturated heterocycles. The van der Waals surface area contributed by atoms with Crippen molar-refractivity contribution in [1.29, 1.82) is 0 Å². The number of thioether (sulfide) groups is 1. The van der Waals surface area contributed by atoms with Gasteiger partial charge in [0.1, 0.15) is 11.8 Å². The van der Waals surface area contributed by atoms with Crippen LogP contribution in [0.4, 0.5) is 0 Å². The standard InChI is InChI=1S/C17H11ClN2O2S/c18-12-7-10(5-6-13(12)21)16(22)20-17-19-15-11-4-2-1-3-9(11)8-14(15)23-17/h1-8,15,21H,(H,19,20,22). The van der Waals surface area contributed by atoms with Crippen LogP contribution >= 0.6 is 23.4 Å². The first-order valence-corrected chi connectivity index (χ1v) is 8.17. The van der Waals surface area contributed by atoms with Crippen molar-refractivity contribution in [1.82, 2.24) is 5.32 Å². The number of carbonyl (C=O) groups excluding carboxylic acids is 1. The minimum atomic E-state index is -0.299. The molecule has 1 heterocycles. The summed E-state index contributed by atoms with van der Waals surface area (Å²) in [6, 6.07) is 12.4. The quantitative estimate of drug-likeness (QED) is 0.824. The van der Waals surface area contributed by atoms with Crippen molar-refractivity contribution in [3.8, 4) is 5.75 Å². The Labute approximate surface area is 141 Å². The van der Waals surface area contributed by atoms with Gasteiger partial charge in [0.2, 0.25) is 0 Å². The van der Waals surface area contributed by atoms with Crippen molar-refractivity contribution < 1.29 is 9.90 Å². The van der Waals surface area contributed by atoms with Gasteiger partial charge in [-0.25, -0.2) is 4.99 Å². The largest absolute Gasteiger partial charge is 0.506 e. The topological polar surface area (TPSA) is 61.7 Å². The smallest absolute Gasteiger partial charge is 0.257 e. The van der Waals surface area contributed by atoms with Crippen LogP contribution in [0.3, 0.4) is 0 Å². The summed E-state index contributed by atoms with van der Waals surface area (Å²) in [6.45, 7) is 0. The second-order valence-corrected chi connectivity index (χ2v) is 6.70. The molecule has 6 heteroatoms. The normalized spacial score (nSPS) is 18.0. The summed E-state index contributed by atoms with van der Waals surface area (Å²) in [7, 11) is 0. The summed E-state index contributed by atoms with van der Waals surface area (Å²) >= 11 is 7.30. The number of phenols is 1. The molecule has 0 radical (unpaired) electrons. The monoisotopic (exact) mass is 342 g/mol. The molecule has 1 aliphatic heterocycles. The Kier molecular flexibility index (Phi) is 3.39. The zero-order valence-electron chi connectivity index (χ0n) is 11.8. The Morgan fingerprint density at radius 1 is 1.26 bits per heavy atom. The fourth-order valence-electron chi connectivity index (χ4n) is 2.63. The molecule has 1 amide bonds. The molecule has 4 nitrogen and oxygen atoms in total. The first kappa shape index (κ1) is 14.4. The Bertz CT molecular complexity index is 892. The van der Waals surface area contributed by atoms with Gasteiger partial charge in [-0.1, -0.05) is 47.6 Å². The van der Waals surface area contributed by atoms with Gasteiger partial charge in [-0.15, -0.1) is 0 Å². The summed E-state index contributed by atoms with van der Waals surface area (Å²) in [4.78, 5) is 18.0. The fourth-order valence-corrected chi connectivity index (χ4v) is 3.81. The highest BCUT2D eigenvalue weighted by Gasteiger charge is 2.32. The number of amidine groups is 1. The predicted octanol–water partition coefficient (Wildman–Crippen LogP) is 3.97.